The average Bonchev–Trinajstić information content (AvgIpc) is 3.16. The van der Waals surface area contributed by atoms with E-state index in [9.17, 15) is 4.79 Å². The third-order valence-corrected chi connectivity index (χ3v) is 4.46. The summed E-state index contributed by atoms with van der Waals surface area (Å²) in [7, 11) is 0. The minimum absolute atomic E-state index is 0.160. The van der Waals surface area contributed by atoms with Crippen molar-refractivity contribution >= 4 is 17.5 Å². The van der Waals surface area contributed by atoms with Crippen LogP contribution in [0.25, 0.3) is 11.4 Å². The van der Waals surface area contributed by atoms with Gasteiger partial charge < -0.3 is 14.2 Å². The molecule has 3 rings (SSSR count). The van der Waals surface area contributed by atoms with Crippen LogP contribution in [0, 0.1) is 6.92 Å². The van der Waals surface area contributed by atoms with Crippen LogP contribution in [-0.2, 0) is 11.3 Å². The van der Waals surface area contributed by atoms with Gasteiger partial charge in [0.25, 0.3) is 5.91 Å². The van der Waals surface area contributed by atoms with Gasteiger partial charge in [0, 0.05) is 17.1 Å². The zero-order valence-corrected chi connectivity index (χ0v) is 17.1. The first-order valence-electron chi connectivity index (χ1n) is 9.18. The van der Waals surface area contributed by atoms with E-state index in [0.717, 1.165) is 11.1 Å². The summed E-state index contributed by atoms with van der Waals surface area (Å²) >= 11 is 5.91. The molecule has 1 aromatic heterocycles. The van der Waals surface area contributed by atoms with E-state index < -0.39 is 6.10 Å². The Bertz CT molecular complexity index is 985. The summed E-state index contributed by atoms with van der Waals surface area (Å²) in [4.78, 5) is 18.8. The first kappa shape index (κ1) is 20.6. The highest BCUT2D eigenvalue weighted by molar-refractivity contribution is 6.30. The van der Waals surface area contributed by atoms with Gasteiger partial charge in [-0.1, -0.05) is 35.0 Å². The fourth-order valence-electron chi connectivity index (χ4n) is 2.79. The van der Waals surface area contributed by atoms with Gasteiger partial charge in [-0.2, -0.15) is 4.98 Å². The van der Waals surface area contributed by atoms with E-state index in [1.807, 2.05) is 31.2 Å². The van der Waals surface area contributed by atoms with Crippen LogP contribution in [0.15, 0.2) is 65.7 Å². The Labute approximate surface area is 174 Å². The quantitative estimate of drug-likeness (QED) is 0.503. The molecule has 0 radical (unpaired) electrons. The van der Waals surface area contributed by atoms with Crippen LogP contribution in [0.5, 0.6) is 5.75 Å². The van der Waals surface area contributed by atoms with Gasteiger partial charge in [0.15, 0.2) is 6.10 Å². The molecular weight excluding hydrogens is 390 g/mol. The Morgan fingerprint density at radius 2 is 2.07 bits per heavy atom. The second-order valence-electron chi connectivity index (χ2n) is 6.60. The predicted molar refractivity (Wildman–Crippen MR) is 112 cm³/mol. The van der Waals surface area contributed by atoms with E-state index in [2.05, 4.69) is 16.7 Å². The standard InChI is InChI=1S/C22H22ClN3O3/c1-4-12-26(22(27)16(3)28-19-7-5-6-15(2)13-19)14-20-24-21(25-29-20)17-8-10-18(23)11-9-17/h4-11,13,16H,1,12,14H2,2-3H3/t16-/m0/s1. The number of carbonyl (C=O) groups excluding carboxylic acids is 1. The number of halogens is 1. The molecule has 2 aromatic carbocycles. The fraction of sp³-hybridized carbons (Fsp3) is 0.227. The molecule has 0 aliphatic rings. The van der Waals surface area contributed by atoms with Gasteiger partial charge in [-0.05, 0) is 55.8 Å². The van der Waals surface area contributed by atoms with Gasteiger partial charge in [-0.3, -0.25) is 4.79 Å². The van der Waals surface area contributed by atoms with Crippen molar-refractivity contribution in [2.24, 2.45) is 0 Å². The van der Waals surface area contributed by atoms with E-state index in [0.29, 0.717) is 29.0 Å². The van der Waals surface area contributed by atoms with E-state index in [4.69, 9.17) is 20.9 Å². The Morgan fingerprint density at radius 1 is 1.31 bits per heavy atom. The molecule has 1 amide bonds. The minimum Gasteiger partial charge on any atom is -0.481 e. The molecule has 0 N–H and O–H groups in total. The van der Waals surface area contributed by atoms with Crippen LogP contribution in [0.3, 0.4) is 0 Å². The third-order valence-electron chi connectivity index (χ3n) is 4.21. The molecule has 3 aromatic rings. The molecule has 0 saturated carbocycles. The van der Waals surface area contributed by atoms with Crippen molar-refractivity contribution in [3.8, 4) is 17.1 Å². The molecule has 7 heteroatoms. The van der Waals surface area contributed by atoms with Crippen molar-refractivity contribution in [2.45, 2.75) is 26.5 Å². The maximum absolute atomic E-state index is 12.9. The van der Waals surface area contributed by atoms with E-state index in [1.165, 1.54) is 0 Å². The van der Waals surface area contributed by atoms with Crippen molar-refractivity contribution in [2.75, 3.05) is 6.54 Å². The Hall–Kier alpha value is -3.12. The van der Waals surface area contributed by atoms with Gasteiger partial charge in [-0.15, -0.1) is 6.58 Å². The summed E-state index contributed by atoms with van der Waals surface area (Å²) in [5.74, 6) is 1.21. The lowest BCUT2D eigenvalue weighted by molar-refractivity contribution is -0.138. The normalized spacial score (nSPS) is 11.7. The van der Waals surface area contributed by atoms with E-state index >= 15 is 0 Å². The highest BCUT2D eigenvalue weighted by atomic mass is 35.5. The van der Waals surface area contributed by atoms with Gasteiger partial charge in [0.05, 0.1) is 0 Å². The van der Waals surface area contributed by atoms with Crippen molar-refractivity contribution in [3.05, 3.63) is 77.7 Å². The summed E-state index contributed by atoms with van der Waals surface area (Å²) < 4.78 is 11.1. The minimum atomic E-state index is -0.671. The third kappa shape index (κ3) is 5.45. The fourth-order valence-corrected chi connectivity index (χ4v) is 2.91. The maximum Gasteiger partial charge on any atom is 0.264 e. The summed E-state index contributed by atoms with van der Waals surface area (Å²) in [6.45, 7) is 7.90. The second-order valence-corrected chi connectivity index (χ2v) is 7.04. The molecule has 1 heterocycles. The molecule has 29 heavy (non-hydrogen) atoms. The summed E-state index contributed by atoms with van der Waals surface area (Å²) in [6.07, 6.45) is 0.976. The van der Waals surface area contributed by atoms with Gasteiger partial charge in [0.2, 0.25) is 11.7 Å². The molecule has 1 atom stereocenters. The smallest absolute Gasteiger partial charge is 0.264 e. The Morgan fingerprint density at radius 3 is 2.76 bits per heavy atom. The summed E-state index contributed by atoms with van der Waals surface area (Å²) in [6, 6.07) is 14.7. The SMILES string of the molecule is C=CCN(Cc1nc(-c2ccc(Cl)cc2)no1)C(=O)[C@H](C)Oc1cccc(C)c1. The number of rotatable bonds is 8. The van der Waals surface area contributed by atoms with Crippen molar-refractivity contribution in [1.29, 1.82) is 0 Å². The Kier molecular flexibility index (Phi) is 6.67. The highest BCUT2D eigenvalue weighted by Gasteiger charge is 2.23. The zero-order valence-electron chi connectivity index (χ0n) is 16.3. The first-order chi connectivity index (χ1) is 14.0. The van der Waals surface area contributed by atoms with Crippen LogP contribution in [0.2, 0.25) is 5.02 Å². The van der Waals surface area contributed by atoms with Gasteiger partial charge in [0.1, 0.15) is 12.3 Å². The lowest BCUT2D eigenvalue weighted by Crippen LogP contribution is -2.40. The first-order valence-corrected chi connectivity index (χ1v) is 9.55. The topological polar surface area (TPSA) is 68.5 Å². The molecule has 150 valence electrons. The molecule has 0 spiro atoms. The molecular formula is C22H22ClN3O3. The Balaban J connectivity index is 1.70. The van der Waals surface area contributed by atoms with Crippen molar-refractivity contribution in [3.63, 3.8) is 0 Å². The molecule has 0 aliphatic heterocycles. The van der Waals surface area contributed by atoms with Crippen molar-refractivity contribution in [1.82, 2.24) is 15.0 Å². The van der Waals surface area contributed by atoms with Crippen LogP contribution in [-0.4, -0.2) is 33.6 Å². The number of aromatic nitrogens is 2. The molecule has 0 aliphatic carbocycles. The number of nitrogens with zero attached hydrogens (tertiary/aromatic N) is 3. The van der Waals surface area contributed by atoms with Crippen LogP contribution in [0.4, 0.5) is 0 Å². The molecule has 0 saturated heterocycles. The lowest BCUT2D eigenvalue weighted by atomic mass is 10.2. The molecule has 0 fully saturated rings. The maximum atomic E-state index is 12.9. The van der Waals surface area contributed by atoms with E-state index in [1.54, 1.807) is 42.2 Å². The van der Waals surface area contributed by atoms with Crippen molar-refractivity contribution < 1.29 is 14.1 Å². The predicted octanol–water partition coefficient (Wildman–Crippen LogP) is 4.68. The molecule has 6 nitrogen and oxygen atoms in total. The summed E-state index contributed by atoms with van der Waals surface area (Å²) in [5, 5.41) is 4.61. The number of ether oxygens (including phenoxy) is 1. The number of aryl methyl sites for hydroxylation is 1. The lowest BCUT2D eigenvalue weighted by Gasteiger charge is -2.23. The number of hydrogen-bond donors (Lipinski definition) is 0. The number of hydrogen-bond acceptors (Lipinski definition) is 5. The van der Waals surface area contributed by atoms with Gasteiger partial charge >= 0.3 is 0 Å². The average molecular weight is 412 g/mol. The summed E-state index contributed by atoms with van der Waals surface area (Å²) in [5.41, 5.74) is 1.84. The number of amides is 1. The second kappa shape index (κ2) is 9.39. The number of benzene rings is 2. The largest absolute Gasteiger partial charge is 0.481 e. The van der Waals surface area contributed by atoms with Crippen LogP contribution < -0.4 is 4.74 Å². The van der Waals surface area contributed by atoms with Crippen LogP contribution in [0.1, 0.15) is 18.4 Å². The highest BCUT2D eigenvalue weighted by Crippen LogP contribution is 2.20. The van der Waals surface area contributed by atoms with Crippen LogP contribution >= 0.6 is 11.6 Å². The molecule has 0 unspecified atom stereocenters. The number of carbonyl (C=O) groups is 1. The van der Waals surface area contributed by atoms with Gasteiger partial charge in [-0.25, -0.2) is 0 Å². The van der Waals surface area contributed by atoms with E-state index in [-0.39, 0.29) is 12.5 Å². The zero-order chi connectivity index (χ0) is 20.8. The monoisotopic (exact) mass is 411 g/mol. The molecule has 0 bridgehead atoms.